The van der Waals surface area contributed by atoms with Crippen molar-refractivity contribution < 1.29 is 29.3 Å². The van der Waals surface area contributed by atoms with E-state index in [-0.39, 0.29) is 24.6 Å². The molecule has 0 aliphatic carbocycles. The van der Waals surface area contributed by atoms with Crippen molar-refractivity contribution in [2.75, 3.05) is 38.3 Å². The number of likely N-dealkylation sites (tertiary alicyclic amines) is 1. The SMILES string of the molecule is COCCSCC(=O)N1CCC(C(=O)O)C(C(=O)O)C1. The zero-order valence-electron chi connectivity index (χ0n) is 11.3. The van der Waals surface area contributed by atoms with Gasteiger partial charge < -0.3 is 19.8 Å². The van der Waals surface area contributed by atoms with Crippen LogP contribution in [0.4, 0.5) is 0 Å². The van der Waals surface area contributed by atoms with E-state index in [1.807, 2.05) is 0 Å². The summed E-state index contributed by atoms with van der Waals surface area (Å²) >= 11 is 1.42. The van der Waals surface area contributed by atoms with Crippen molar-refractivity contribution in [1.82, 2.24) is 4.90 Å². The molecular formula is C12H19NO6S. The fraction of sp³-hybridized carbons (Fsp3) is 0.750. The molecule has 2 unspecified atom stereocenters. The van der Waals surface area contributed by atoms with Crippen LogP contribution in [0.25, 0.3) is 0 Å². The third-order valence-corrected chi connectivity index (χ3v) is 4.16. The molecule has 1 fully saturated rings. The Morgan fingerprint density at radius 3 is 2.45 bits per heavy atom. The van der Waals surface area contributed by atoms with E-state index in [9.17, 15) is 14.4 Å². The highest BCUT2D eigenvalue weighted by atomic mass is 32.2. The Bertz CT molecular complexity index is 375. The van der Waals surface area contributed by atoms with Crippen molar-refractivity contribution in [2.24, 2.45) is 11.8 Å². The number of nitrogens with zero attached hydrogens (tertiary/aromatic N) is 1. The summed E-state index contributed by atoms with van der Waals surface area (Å²) in [7, 11) is 1.58. The predicted molar refractivity (Wildman–Crippen MR) is 72.6 cm³/mol. The normalized spacial score (nSPS) is 22.6. The van der Waals surface area contributed by atoms with E-state index in [2.05, 4.69) is 0 Å². The quantitative estimate of drug-likeness (QED) is 0.638. The molecule has 2 N–H and O–H groups in total. The Morgan fingerprint density at radius 1 is 1.25 bits per heavy atom. The summed E-state index contributed by atoms with van der Waals surface area (Å²) in [6, 6.07) is 0. The predicted octanol–water partition coefficient (Wildman–Crippen LogP) is -0.0001000. The number of rotatable bonds is 7. The van der Waals surface area contributed by atoms with Gasteiger partial charge >= 0.3 is 11.9 Å². The fourth-order valence-electron chi connectivity index (χ4n) is 2.12. The van der Waals surface area contributed by atoms with Crippen molar-refractivity contribution in [3.05, 3.63) is 0 Å². The summed E-state index contributed by atoms with van der Waals surface area (Å²) in [6.45, 7) is 0.817. The molecule has 1 rings (SSSR count). The molecule has 2 atom stereocenters. The number of carbonyl (C=O) groups is 3. The number of thioether (sulfide) groups is 1. The van der Waals surface area contributed by atoms with E-state index in [0.717, 1.165) is 0 Å². The van der Waals surface area contributed by atoms with E-state index in [1.165, 1.54) is 16.7 Å². The Hall–Kier alpha value is -1.28. The molecule has 0 bridgehead atoms. The molecule has 7 nitrogen and oxygen atoms in total. The standard InChI is InChI=1S/C12H19NO6S/c1-19-4-5-20-7-10(14)13-3-2-8(11(15)16)9(6-13)12(17)18/h8-9H,2-7H2,1H3,(H,15,16)(H,17,18). The molecule has 1 heterocycles. The van der Waals surface area contributed by atoms with Crippen LogP contribution in [-0.4, -0.2) is 71.3 Å². The fourth-order valence-corrected chi connectivity index (χ4v) is 2.90. The molecule has 1 aliphatic heterocycles. The first-order chi connectivity index (χ1) is 9.47. The van der Waals surface area contributed by atoms with E-state index < -0.39 is 23.8 Å². The Kier molecular flexibility index (Phi) is 6.80. The lowest BCUT2D eigenvalue weighted by atomic mass is 9.85. The van der Waals surface area contributed by atoms with Crippen LogP contribution in [0.5, 0.6) is 0 Å². The molecule has 0 radical (unpaired) electrons. The van der Waals surface area contributed by atoms with Crippen molar-refractivity contribution in [3.63, 3.8) is 0 Å². The van der Waals surface area contributed by atoms with Gasteiger partial charge in [0.25, 0.3) is 0 Å². The average molecular weight is 305 g/mol. The van der Waals surface area contributed by atoms with Gasteiger partial charge in [-0.15, -0.1) is 11.8 Å². The lowest BCUT2D eigenvalue weighted by Gasteiger charge is -2.34. The van der Waals surface area contributed by atoms with E-state index in [4.69, 9.17) is 14.9 Å². The first kappa shape index (κ1) is 16.8. The number of carboxylic acids is 2. The molecule has 0 spiro atoms. The number of hydrogen-bond donors (Lipinski definition) is 2. The molecule has 0 aromatic rings. The molecule has 0 saturated carbocycles. The summed E-state index contributed by atoms with van der Waals surface area (Å²) in [4.78, 5) is 35.5. The van der Waals surface area contributed by atoms with Gasteiger partial charge in [0.05, 0.1) is 24.2 Å². The number of aliphatic carboxylic acids is 2. The Balaban J connectivity index is 2.51. The first-order valence-electron chi connectivity index (χ1n) is 6.27. The van der Waals surface area contributed by atoms with Gasteiger partial charge in [-0.3, -0.25) is 14.4 Å². The van der Waals surface area contributed by atoms with Gasteiger partial charge in [-0.2, -0.15) is 0 Å². The molecular weight excluding hydrogens is 286 g/mol. The Labute approximate surface area is 121 Å². The molecule has 0 aromatic heterocycles. The van der Waals surface area contributed by atoms with Crippen LogP contribution < -0.4 is 0 Å². The van der Waals surface area contributed by atoms with Crippen LogP contribution in [0, 0.1) is 11.8 Å². The minimum atomic E-state index is -1.16. The number of carboxylic acid groups (broad SMARTS) is 2. The lowest BCUT2D eigenvalue weighted by Crippen LogP contribution is -2.49. The largest absolute Gasteiger partial charge is 0.481 e. The first-order valence-corrected chi connectivity index (χ1v) is 7.43. The number of amides is 1. The maximum atomic E-state index is 11.9. The summed E-state index contributed by atoms with van der Waals surface area (Å²) in [5, 5.41) is 18.1. The van der Waals surface area contributed by atoms with Crippen LogP contribution in [-0.2, 0) is 19.1 Å². The minimum absolute atomic E-state index is 0.0318. The second-order valence-electron chi connectivity index (χ2n) is 4.56. The van der Waals surface area contributed by atoms with Crippen LogP contribution in [0.3, 0.4) is 0 Å². The summed E-state index contributed by atoms with van der Waals surface area (Å²) in [5.41, 5.74) is 0. The maximum absolute atomic E-state index is 11.9. The van der Waals surface area contributed by atoms with Crippen LogP contribution >= 0.6 is 11.8 Å². The van der Waals surface area contributed by atoms with Crippen molar-refractivity contribution in [3.8, 4) is 0 Å². The van der Waals surface area contributed by atoms with Crippen LogP contribution in [0.2, 0.25) is 0 Å². The summed E-state index contributed by atoms with van der Waals surface area (Å²) in [6.07, 6.45) is 0.181. The van der Waals surface area contributed by atoms with Gasteiger partial charge in [0.2, 0.25) is 5.91 Å². The number of piperidine rings is 1. The highest BCUT2D eigenvalue weighted by Gasteiger charge is 2.39. The molecule has 8 heteroatoms. The molecule has 1 amide bonds. The molecule has 20 heavy (non-hydrogen) atoms. The smallest absolute Gasteiger partial charge is 0.309 e. The van der Waals surface area contributed by atoms with Crippen molar-refractivity contribution >= 4 is 29.6 Å². The van der Waals surface area contributed by atoms with E-state index in [1.54, 1.807) is 7.11 Å². The molecule has 1 aliphatic rings. The second-order valence-corrected chi connectivity index (χ2v) is 5.67. The lowest BCUT2D eigenvalue weighted by molar-refractivity contribution is -0.158. The maximum Gasteiger partial charge on any atom is 0.309 e. The van der Waals surface area contributed by atoms with Gasteiger partial charge in [-0.1, -0.05) is 0 Å². The number of hydrogen-bond acceptors (Lipinski definition) is 5. The minimum Gasteiger partial charge on any atom is -0.481 e. The third-order valence-electron chi connectivity index (χ3n) is 3.26. The number of methoxy groups -OCH3 is 1. The van der Waals surface area contributed by atoms with Gasteiger partial charge in [-0.25, -0.2) is 0 Å². The van der Waals surface area contributed by atoms with Crippen LogP contribution in [0.1, 0.15) is 6.42 Å². The topological polar surface area (TPSA) is 104 Å². The zero-order chi connectivity index (χ0) is 15.1. The third kappa shape index (κ3) is 4.68. The van der Waals surface area contributed by atoms with Crippen LogP contribution in [0.15, 0.2) is 0 Å². The van der Waals surface area contributed by atoms with Gasteiger partial charge in [-0.05, 0) is 6.42 Å². The van der Waals surface area contributed by atoms with Crippen molar-refractivity contribution in [1.29, 1.82) is 0 Å². The number of ether oxygens (including phenoxy) is 1. The summed E-state index contributed by atoms with van der Waals surface area (Å²) < 4.78 is 4.87. The van der Waals surface area contributed by atoms with Gasteiger partial charge in [0, 0.05) is 26.0 Å². The monoisotopic (exact) mass is 305 g/mol. The average Bonchev–Trinajstić information content (AvgIpc) is 2.42. The number of carbonyl (C=O) groups excluding carboxylic acids is 1. The second kappa shape index (κ2) is 8.11. The van der Waals surface area contributed by atoms with Gasteiger partial charge in [0.1, 0.15) is 0 Å². The highest BCUT2D eigenvalue weighted by Crippen LogP contribution is 2.24. The Morgan fingerprint density at radius 2 is 1.90 bits per heavy atom. The van der Waals surface area contributed by atoms with E-state index >= 15 is 0 Å². The molecule has 114 valence electrons. The van der Waals surface area contributed by atoms with Gasteiger partial charge in [0.15, 0.2) is 0 Å². The van der Waals surface area contributed by atoms with Crippen molar-refractivity contribution in [2.45, 2.75) is 6.42 Å². The summed E-state index contributed by atoms with van der Waals surface area (Å²) in [5.74, 6) is -3.43. The highest BCUT2D eigenvalue weighted by molar-refractivity contribution is 7.99. The zero-order valence-corrected chi connectivity index (χ0v) is 12.1. The van der Waals surface area contributed by atoms with E-state index in [0.29, 0.717) is 18.9 Å². The molecule has 0 aromatic carbocycles. The molecule has 1 saturated heterocycles.